The summed E-state index contributed by atoms with van der Waals surface area (Å²) < 4.78 is 14.1. The van der Waals surface area contributed by atoms with E-state index in [0.717, 1.165) is 161 Å². The first kappa shape index (κ1) is 67.5. The van der Waals surface area contributed by atoms with Crippen molar-refractivity contribution in [3.05, 3.63) is 437 Å². The molecule has 542 valence electrons. The Labute approximate surface area is 672 Å². The van der Waals surface area contributed by atoms with Crippen molar-refractivity contribution >= 4 is 121 Å². The number of anilines is 6. The van der Waals surface area contributed by atoms with E-state index < -0.39 is 0 Å². The molecular weight excluding hydrogens is 1410 g/mol. The molecule has 0 bridgehead atoms. The summed E-state index contributed by atoms with van der Waals surface area (Å²) >= 11 is 0. The van der Waals surface area contributed by atoms with Crippen LogP contribution in [0, 0.1) is 0 Å². The first-order chi connectivity index (χ1) is 57.5. The second kappa shape index (κ2) is 28.4. The van der Waals surface area contributed by atoms with E-state index in [0.29, 0.717) is 0 Å². The number of fused-ring (bicyclic) bond motifs is 12. The largest absolute Gasteiger partial charge is 0.455 e. The molecule has 0 spiro atoms. The zero-order valence-corrected chi connectivity index (χ0v) is 63.3. The van der Waals surface area contributed by atoms with Gasteiger partial charge in [0.25, 0.3) is 0 Å². The van der Waals surface area contributed by atoms with Gasteiger partial charge in [-0.1, -0.05) is 358 Å². The maximum absolute atomic E-state index is 7.13. The Hall–Kier alpha value is -15.4. The van der Waals surface area contributed by atoms with Gasteiger partial charge in [-0.05, 0) is 200 Å². The summed E-state index contributed by atoms with van der Waals surface area (Å²) in [5.41, 5.74) is 30.3. The quantitative estimate of drug-likeness (QED) is 0.0958. The molecule has 0 atom stereocenters. The van der Waals surface area contributed by atoms with Gasteiger partial charge in [-0.3, -0.25) is 0 Å². The van der Waals surface area contributed by atoms with Gasteiger partial charge in [0, 0.05) is 60.5 Å². The Balaban J connectivity index is 0.540. The van der Waals surface area contributed by atoms with Gasteiger partial charge in [-0.15, -0.1) is 0 Å². The minimum absolute atomic E-state index is 0.838. The Morgan fingerprint density at radius 3 is 0.966 bits per heavy atom. The van der Waals surface area contributed by atoms with Crippen molar-refractivity contribution in [2.45, 2.75) is 0 Å². The summed E-state index contributed by atoms with van der Waals surface area (Å²) in [7, 11) is 0. The number of hydrogen-bond acceptors (Lipinski definition) is 4. The van der Waals surface area contributed by atoms with Crippen LogP contribution in [-0.4, -0.2) is 0 Å². The maximum atomic E-state index is 7.13. The fourth-order valence-electron chi connectivity index (χ4n) is 17.8. The summed E-state index contributed by atoms with van der Waals surface area (Å²) in [6.45, 7) is 0. The standard InChI is InChI=1S/C112H72N2O2/c1-3-22-78(23-4-1)92-32-11-12-33-93(92)80-52-50-74(51-53-80)75-54-61-89(62-55-75)113(107-70-87-26-7-9-34-94(87)98-36-13-15-38-100(98)107)90-65-58-81(59-66-90)97-41-19-42-103-102-67-60-86(72-109(102)115-110(97)103)85-31-18-30-84(69-85)83-29-17-28-82(68-83)77-48-46-73(47-49-77)76-56-63-91(64-57-76)114(108-71-88-27-8-10-35-95(88)99-37-14-16-39-101(99)108)106-45-21-44-105-104-43-20-40-96(111(104)116-112(105)106)79-24-5-2-6-25-79/h1-72H. The average Bonchev–Trinajstić information content (AvgIpc) is 1.31. The maximum Gasteiger partial charge on any atom is 0.159 e. The van der Waals surface area contributed by atoms with Crippen molar-refractivity contribution in [3.63, 3.8) is 0 Å². The van der Waals surface area contributed by atoms with Gasteiger partial charge >= 0.3 is 0 Å². The highest BCUT2D eigenvalue weighted by Crippen LogP contribution is 2.50. The molecular formula is C112H72N2O2. The van der Waals surface area contributed by atoms with Crippen LogP contribution in [0.2, 0.25) is 0 Å². The minimum atomic E-state index is 0.838. The lowest BCUT2D eigenvalue weighted by molar-refractivity contribution is 0.670. The van der Waals surface area contributed by atoms with Crippen LogP contribution < -0.4 is 9.80 Å². The molecule has 0 radical (unpaired) electrons. The molecule has 4 nitrogen and oxygen atoms in total. The van der Waals surface area contributed by atoms with Gasteiger partial charge < -0.3 is 18.6 Å². The van der Waals surface area contributed by atoms with Crippen LogP contribution in [0.3, 0.4) is 0 Å². The van der Waals surface area contributed by atoms with Crippen molar-refractivity contribution in [1.29, 1.82) is 0 Å². The molecule has 0 fully saturated rings. The van der Waals surface area contributed by atoms with E-state index >= 15 is 0 Å². The monoisotopic (exact) mass is 1480 g/mol. The molecule has 4 heteroatoms. The molecule has 0 N–H and O–H groups in total. The molecule has 20 aromatic carbocycles. The summed E-state index contributed by atoms with van der Waals surface area (Å²) in [5, 5.41) is 13.9. The van der Waals surface area contributed by atoms with Gasteiger partial charge in [-0.25, -0.2) is 0 Å². The predicted molar refractivity (Wildman–Crippen MR) is 489 cm³/mol. The molecule has 22 aromatic rings. The summed E-state index contributed by atoms with van der Waals surface area (Å²) in [5.74, 6) is 0. The summed E-state index contributed by atoms with van der Waals surface area (Å²) in [4.78, 5) is 4.80. The van der Waals surface area contributed by atoms with Crippen LogP contribution in [0.15, 0.2) is 446 Å². The Bertz CT molecular complexity index is 7530. The van der Waals surface area contributed by atoms with Crippen molar-refractivity contribution in [2.24, 2.45) is 0 Å². The Kier molecular flexibility index (Phi) is 16.6. The molecule has 22 rings (SSSR count). The fraction of sp³-hybridized carbons (Fsp3) is 0. The highest BCUT2D eigenvalue weighted by molar-refractivity contribution is 6.19. The number of nitrogens with zero attached hydrogens (tertiary/aromatic N) is 2. The third kappa shape index (κ3) is 11.9. The first-order valence-corrected chi connectivity index (χ1v) is 39.7. The van der Waals surface area contributed by atoms with Crippen LogP contribution >= 0.6 is 0 Å². The molecule has 0 saturated carbocycles. The highest BCUT2D eigenvalue weighted by atomic mass is 16.3. The zero-order chi connectivity index (χ0) is 76.6. The lowest BCUT2D eigenvalue weighted by atomic mass is 9.93. The average molecular weight is 1480 g/mol. The van der Waals surface area contributed by atoms with Crippen molar-refractivity contribution in [1.82, 2.24) is 0 Å². The predicted octanol–water partition coefficient (Wildman–Crippen LogP) is 32.0. The van der Waals surface area contributed by atoms with Gasteiger partial charge in [-0.2, -0.15) is 0 Å². The fourth-order valence-corrected chi connectivity index (χ4v) is 17.8. The third-order valence-corrected chi connectivity index (χ3v) is 23.5. The van der Waals surface area contributed by atoms with Crippen LogP contribution in [0.5, 0.6) is 0 Å². The second-order valence-corrected chi connectivity index (χ2v) is 30.2. The highest BCUT2D eigenvalue weighted by Gasteiger charge is 2.25. The summed E-state index contributed by atoms with van der Waals surface area (Å²) in [6, 6.07) is 159. The van der Waals surface area contributed by atoms with E-state index in [1.165, 1.54) is 60.0 Å². The van der Waals surface area contributed by atoms with E-state index in [1.54, 1.807) is 0 Å². The molecule has 0 unspecified atom stereocenters. The number of rotatable bonds is 15. The molecule has 0 aliphatic heterocycles. The lowest BCUT2D eigenvalue weighted by Gasteiger charge is -2.28. The Morgan fingerprint density at radius 2 is 0.448 bits per heavy atom. The molecule has 0 amide bonds. The van der Waals surface area contributed by atoms with Crippen molar-refractivity contribution in [3.8, 4) is 100 Å². The van der Waals surface area contributed by atoms with Crippen molar-refractivity contribution < 1.29 is 8.83 Å². The Morgan fingerprint density at radius 1 is 0.147 bits per heavy atom. The number of para-hydroxylation sites is 3. The number of hydrogen-bond donors (Lipinski definition) is 0. The molecule has 0 aliphatic carbocycles. The molecule has 0 saturated heterocycles. The zero-order valence-electron chi connectivity index (χ0n) is 63.3. The van der Waals surface area contributed by atoms with E-state index in [-0.39, 0.29) is 0 Å². The lowest BCUT2D eigenvalue weighted by Crippen LogP contribution is -2.11. The van der Waals surface area contributed by atoms with Crippen LogP contribution in [0.25, 0.3) is 187 Å². The normalized spacial score (nSPS) is 11.6. The first-order valence-electron chi connectivity index (χ1n) is 39.7. The van der Waals surface area contributed by atoms with E-state index in [9.17, 15) is 0 Å². The van der Waals surface area contributed by atoms with E-state index in [4.69, 9.17) is 8.83 Å². The summed E-state index contributed by atoms with van der Waals surface area (Å²) in [6.07, 6.45) is 0. The van der Waals surface area contributed by atoms with Gasteiger partial charge in [0.05, 0.1) is 17.1 Å². The molecule has 2 heterocycles. The minimum Gasteiger partial charge on any atom is -0.455 e. The smallest absolute Gasteiger partial charge is 0.159 e. The van der Waals surface area contributed by atoms with E-state index in [2.05, 4.69) is 447 Å². The number of benzene rings is 20. The third-order valence-electron chi connectivity index (χ3n) is 23.5. The topological polar surface area (TPSA) is 32.8 Å². The van der Waals surface area contributed by atoms with Crippen LogP contribution in [0.1, 0.15) is 0 Å². The second-order valence-electron chi connectivity index (χ2n) is 30.2. The molecule has 0 aliphatic rings. The molecule has 116 heavy (non-hydrogen) atoms. The van der Waals surface area contributed by atoms with E-state index in [1.807, 2.05) is 0 Å². The van der Waals surface area contributed by atoms with Gasteiger partial charge in [0.1, 0.15) is 16.7 Å². The van der Waals surface area contributed by atoms with Crippen LogP contribution in [-0.2, 0) is 0 Å². The van der Waals surface area contributed by atoms with Gasteiger partial charge in [0.15, 0.2) is 5.58 Å². The number of furan rings is 2. The van der Waals surface area contributed by atoms with Crippen LogP contribution in [0.4, 0.5) is 34.1 Å². The van der Waals surface area contributed by atoms with Crippen molar-refractivity contribution in [2.75, 3.05) is 9.80 Å². The molecule has 2 aromatic heterocycles. The SMILES string of the molecule is c1ccc(-c2ccccc2-c2ccc(-c3ccc(N(c4ccc(-c5cccc6c5oc5cc(-c7cccc(-c8cccc(-c9ccc(-c%10ccc(N(c%11cc%12ccccc%12c%12ccccc%11%12)c%11cccc%12c%11oc%11c(-c%13ccccc%13)cccc%11%12)cc%10)cc9)c8)c7)ccc56)cc4)c4cc5ccccc5c5ccccc45)cc3)cc2)cc1. The van der Waals surface area contributed by atoms with Gasteiger partial charge in [0.2, 0.25) is 0 Å².